The number of nitrogens with zero attached hydrogens (tertiary/aromatic N) is 1. The van der Waals surface area contributed by atoms with Gasteiger partial charge in [0.1, 0.15) is 0 Å². The van der Waals surface area contributed by atoms with Crippen LogP contribution in [-0.4, -0.2) is 57.2 Å². The van der Waals surface area contributed by atoms with Crippen LogP contribution in [0.5, 0.6) is 0 Å². The molecule has 21 heavy (non-hydrogen) atoms. The van der Waals surface area contributed by atoms with Crippen molar-refractivity contribution in [3.05, 3.63) is 29.3 Å². The Morgan fingerprint density at radius 3 is 2.71 bits per heavy atom. The van der Waals surface area contributed by atoms with Gasteiger partial charge in [0.25, 0.3) is 0 Å². The maximum absolute atomic E-state index is 13.9. The van der Waals surface area contributed by atoms with Gasteiger partial charge in [0, 0.05) is 39.3 Å². The van der Waals surface area contributed by atoms with Crippen LogP contribution in [0.3, 0.4) is 0 Å². The molecule has 2 N–H and O–H groups in total. The van der Waals surface area contributed by atoms with Crippen molar-refractivity contribution in [2.24, 2.45) is 0 Å². The van der Waals surface area contributed by atoms with Crippen LogP contribution in [-0.2, 0) is 4.74 Å². The highest BCUT2D eigenvalue weighted by Crippen LogP contribution is 2.21. The third-order valence-corrected chi connectivity index (χ3v) is 3.44. The lowest BCUT2D eigenvalue weighted by Gasteiger charge is -2.27. The van der Waals surface area contributed by atoms with Crippen LogP contribution in [0.15, 0.2) is 12.1 Å². The van der Waals surface area contributed by atoms with E-state index in [-0.39, 0.29) is 5.69 Å². The Morgan fingerprint density at radius 1 is 1.33 bits per heavy atom. The highest BCUT2D eigenvalue weighted by Gasteiger charge is 2.19. The number of piperazine rings is 1. The maximum atomic E-state index is 13.9. The number of ether oxygens (including phenoxy) is 1. The van der Waals surface area contributed by atoms with Crippen molar-refractivity contribution in [3.63, 3.8) is 0 Å². The molecule has 1 heterocycles. The predicted molar refractivity (Wildman–Crippen MR) is 75.5 cm³/mol. The van der Waals surface area contributed by atoms with E-state index in [9.17, 15) is 13.6 Å². The van der Waals surface area contributed by atoms with Crippen molar-refractivity contribution < 1.29 is 18.3 Å². The molecular weight excluding hydrogens is 280 g/mol. The van der Waals surface area contributed by atoms with Crippen LogP contribution < -0.4 is 10.6 Å². The molecule has 0 spiro atoms. The summed E-state index contributed by atoms with van der Waals surface area (Å²) in [5.41, 5.74) is -0.349. The van der Waals surface area contributed by atoms with Gasteiger partial charge in [0.05, 0.1) is 18.4 Å². The molecule has 0 amide bonds. The summed E-state index contributed by atoms with van der Waals surface area (Å²) in [6.07, 6.45) is 0. The van der Waals surface area contributed by atoms with E-state index in [2.05, 4.69) is 20.3 Å². The van der Waals surface area contributed by atoms with Crippen LogP contribution >= 0.6 is 0 Å². The van der Waals surface area contributed by atoms with E-state index in [0.717, 1.165) is 39.8 Å². The lowest BCUT2D eigenvalue weighted by molar-refractivity contribution is 0.0594. The number of carbonyl (C=O) groups is 1. The Labute approximate surface area is 122 Å². The number of anilines is 1. The molecule has 0 saturated carbocycles. The van der Waals surface area contributed by atoms with Gasteiger partial charge in [0.15, 0.2) is 11.6 Å². The van der Waals surface area contributed by atoms with Crippen LogP contribution in [0.2, 0.25) is 0 Å². The molecule has 0 aromatic heterocycles. The molecule has 2 rings (SSSR count). The van der Waals surface area contributed by atoms with Gasteiger partial charge in [-0.25, -0.2) is 13.6 Å². The average molecular weight is 299 g/mol. The third-order valence-electron chi connectivity index (χ3n) is 3.44. The molecule has 7 heteroatoms. The van der Waals surface area contributed by atoms with Crippen molar-refractivity contribution in [1.82, 2.24) is 10.2 Å². The average Bonchev–Trinajstić information content (AvgIpc) is 2.52. The van der Waals surface area contributed by atoms with Crippen LogP contribution in [0.1, 0.15) is 10.4 Å². The molecule has 0 bridgehead atoms. The van der Waals surface area contributed by atoms with Gasteiger partial charge in [-0.05, 0) is 12.1 Å². The highest BCUT2D eigenvalue weighted by molar-refractivity contribution is 5.90. The van der Waals surface area contributed by atoms with Gasteiger partial charge in [-0.1, -0.05) is 0 Å². The minimum absolute atomic E-state index is 0.0512. The molecule has 0 radical (unpaired) electrons. The molecule has 1 aromatic carbocycles. The first-order valence-electron chi connectivity index (χ1n) is 6.86. The zero-order valence-corrected chi connectivity index (χ0v) is 11.9. The normalized spacial score (nSPS) is 15.8. The van der Waals surface area contributed by atoms with Crippen LogP contribution in [0.25, 0.3) is 0 Å². The van der Waals surface area contributed by atoms with E-state index in [1.54, 1.807) is 0 Å². The summed E-state index contributed by atoms with van der Waals surface area (Å²) >= 11 is 0. The van der Waals surface area contributed by atoms with Crippen molar-refractivity contribution in [2.75, 3.05) is 51.7 Å². The van der Waals surface area contributed by atoms with Crippen molar-refractivity contribution in [2.45, 2.75) is 0 Å². The SMILES string of the molecule is COC(=O)c1ccc(NCCN2CCNCC2)c(F)c1F. The largest absolute Gasteiger partial charge is 0.465 e. The van der Waals surface area contributed by atoms with E-state index in [4.69, 9.17) is 0 Å². The number of nitrogens with one attached hydrogen (secondary N) is 2. The Balaban J connectivity index is 1.94. The number of hydrogen-bond donors (Lipinski definition) is 2. The van der Waals surface area contributed by atoms with E-state index < -0.39 is 23.2 Å². The van der Waals surface area contributed by atoms with Gasteiger partial charge in [0.2, 0.25) is 0 Å². The second kappa shape index (κ2) is 7.33. The predicted octanol–water partition coefficient (Wildman–Crippen LogP) is 1.07. The Morgan fingerprint density at radius 2 is 2.05 bits per heavy atom. The standard InChI is InChI=1S/C14H19F2N3O2/c1-21-14(20)10-2-3-11(13(16)12(10)15)18-6-9-19-7-4-17-5-8-19/h2-3,17-18H,4-9H2,1H3. The smallest absolute Gasteiger partial charge is 0.340 e. The van der Waals surface area contributed by atoms with Gasteiger partial charge in [-0.3, -0.25) is 4.90 Å². The first-order valence-corrected chi connectivity index (χ1v) is 6.86. The lowest BCUT2D eigenvalue weighted by atomic mass is 10.2. The molecular formula is C14H19F2N3O2. The summed E-state index contributed by atoms with van der Waals surface area (Å²) in [7, 11) is 1.12. The summed E-state index contributed by atoms with van der Waals surface area (Å²) < 4.78 is 32.0. The Bertz CT molecular complexity index is 505. The summed E-state index contributed by atoms with van der Waals surface area (Å²) in [5.74, 6) is -3.13. The first kappa shape index (κ1) is 15.7. The summed E-state index contributed by atoms with van der Waals surface area (Å²) in [6.45, 7) is 5.03. The lowest BCUT2D eigenvalue weighted by Crippen LogP contribution is -2.45. The fourth-order valence-corrected chi connectivity index (χ4v) is 2.24. The van der Waals surface area contributed by atoms with E-state index >= 15 is 0 Å². The quantitative estimate of drug-likeness (QED) is 0.797. The number of halogens is 2. The molecule has 1 aromatic rings. The van der Waals surface area contributed by atoms with E-state index in [1.165, 1.54) is 12.1 Å². The Kier molecular flexibility index (Phi) is 5.46. The molecule has 1 fully saturated rings. The number of carbonyl (C=O) groups excluding carboxylic acids is 1. The minimum Gasteiger partial charge on any atom is -0.465 e. The van der Waals surface area contributed by atoms with E-state index in [0.29, 0.717) is 6.54 Å². The molecule has 1 aliphatic heterocycles. The number of methoxy groups -OCH3 is 1. The summed E-state index contributed by atoms with van der Waals surface area (Å²) in [4.78, 5) is 13.5. The number of esters is 1. The summed E-state index contributed by atoms with van der Waals surface area (Å²) in [6, 6.07) is 2.57. The van der Waals surface area contributed by atoms with Gasteiger partial charge in [-0.2, -0.15) is 0 Å². The topological polar surface area (TPSA) is 53.6 Å². The van der Waals surface area contributed by atoms with Crippen molar-refractivity contribution >= 4 is 11.7 Å². The highest BCUT2D eigenvalue weighted by atomic mass is 19.2. The van der Waals surface area contributed by atoms with Gasteiger partial charge < -0.3 is 15.4 Å². The van der Waals surface area contributed by atoms with Crippen molar-refractivity contribution in [3.8, 4) is 0 Å². The fourth-order valence-electron chi connectivity index (χ4n) is 2.24. The molecule has 1 aliphatic rings. The first-order chi connectivity index (χ1) is 10.1. The Hall–Kier alpha value is -1.73. The second-order valence-electron chi connectivity index (χ2n) is 4.80. The molecule has 0 unspecified atom stereocenters. The number of rotatable bonds is 5. The molecule has 1 saturated heterocycles. The zero-order chi connectivity index (χ0) is 15.2. The third kappa shape index (κ3) is 3.89. The van der Waals surface area contributed by atoms with Gasteiger partial charge >= 0.3 is 5.97 Å². The second-order valence-corrected chi connectivity index (χ2v) is 4.80. The molecule has 116 valence electrons. The maximum Gasteiger partial charge on any atom is 0.340 e. The zero-order valence-electron chi connectivity index (χ0n) is 11.9. The monoisotopic (exact) mass is 299 g/mol. The summed E-state index contributed by atoms with van der Waals surface area (Å²) in [5, 5.41) is 6.10. The van der Waals surface area contributed by atoms with Crippen LogP contribution in [0.4, 0.5) is 14.5 Å². The number of benzene rings is 1. The molecule has 5 nitrogen and oxygen atoms in total. The van der Waals surface area contributed by atoms with E-state index in [1.807, 2.05) is 0 Å². The molecule has 0 aliphatic carbocycles. The number of hydrogen-bond acceptors (Lipinski definition) is 5. The minimum atomic E-state index is -1.19. The fraction of sp³-hybridized carbons (Fsp3) is 0.500. The van der Waals surface area contributed by atoms with Crippen molar-refractivity contribution in [1.29, 1.82) is 0 Å². The molecule has 0 atom stereocenters. The van der Waals surface area contributed by atoms with Gasteiger partial charge in [-0.15, -0.1) is 0 Å². The van der Waals surface area contributed by atoms with Crippen LogP contribution in [0, 0.1) is 11.6 Å².